The summed E-state index contributed by atoms with van der Waals surface area (Å²) in [4.78, 5) is 19.4. The van der Waals surface area contributed by atoms with Crippen LogP contribution in [0.2, 0.25) is 0 Å². The van der Waals surface area contributed by atoms with E-state index in [1.54, 1.807) is 36.3 Å². The van der Waals surface area contributed by atoms with Gasteiger partial charge in [-0.1, -0.05) is 36.4 Å². The van der Waals surface area contributed by atoms with Crippen molar-refractivity contribution < 1.29 is 14.3 Å². The minimum atomic E-state index is -0.205. The van der Waals surface area contributed by atoms with Crippen LogP contribution in [0, 0.1) is 0 Å². The van der Waals surface area contributed by atoms with E-state index in [0.29, 0.717) is 28.7 Å². The van der Waals surface area contributed by atoms with Gasteiger partial charge in [-0.05, 0) is 12.1 Å². The normalized spacial score (nSPS) is 10.3. The summed E-state index contributed by atoms with van der Waals surface area (Å²) >= 11 is 1.42. The summed E-state index contributed by atoms with van der Waals surface area (Å²) in [5, 5.41) is 2.55. The molecule has 0 fully saturated rings. The van der Waals surface area contributed by atoms with E-state index in [1.165, 1.54) is 18.4 Å². The van der Waals surface area contributed by atoms with Crippen LogP contribution in [0.1, 0.15) is 10.4 Å². The van der Waals surface area contributed by atoms with E-state index in [4.69, 9.17) is 9.47 Å². The molecule has 0 atom stereocenters. The lowest BCUT2D eigenvalue weighted by atomic mass is 10.1. The van der Waals surface area contributed by atoms with Gasteiger partial charge in [0.1, 0.15) is 11.5 Å². The SMILES string of the molecule is C=CCN(C(=O)c1ccc(OC)cc1OC)c1nc(-c2ccccc2)cs1. The first-order chi connectivity index (χ1) is 13.2. The fourth-order valence-corrected chi connectivity index (χ4v) is 3.47. The summed E-state index contributed by atoms with van der Waals surface area (Å²) < 4.78 is 10.6. The molecule has 0 saturated heterocycles. The van der Waals surface area contributed by atoms with Gasteiger partial charge in [0.25, 0.3) is 5.91 Å². The van der Waals surface area contributed by atoms with E-state index < -0.39 is 0 Å². The molecule has 0 aliphatic carbocycles. The number of hydrogen-bond donors (Lipinski definition) is 0. The first-order valence-electron chi connectivity index (χ1n) is 8.33. The second-order valence-corrected chi connectivity index (χ2v) is 6.49. The zero-order valence-corrected chi connectivity index (χ0v) is 16.0. The van der Waals surface area contributed by atoms with Crippen LogP contribution in [0.4, 0.5) is 5.13 Å². The molecule has 0 N–H and O–H groups in total. The second-order valence-electron chi connectivity index (χ2n) is 5.65. The molecule has 1 heterocycles. The third-order valence-electron chi connectivity index (χ3n) is 3.99. The first kappa shape index (κ1) is 18.7. The molecule has 0 aliphatic rings. The predicted molar refractivity (Wildman–Crippen MR) is 109 cm³/mol. The van der Waals surface area contributed by atoms with E-state index in [1.807, 2.05) is 35.7 Å². The number of amides is 1. The number of rotatable bonds is 7. The van der Waals surface area contributed by atoms with Crippen LogP contribution < -0.4 is 14.4 Å². The Balaban J connectivity index is 1.95. The van der Waals surface area contributed by atoms with Crippen LogP contribution in [-0.4, -0.2) is 31.7 Å². The van der Waals surface area contributed by atoms with Gasteiger partial charge in [0.15, 0.2) is 5.13 Å². The maximum absolute atomic E-state index is 13.2. The second kappa shape index (κ2) is 8.51. The van der Waals surface area contributed by atoms with Gasteiger partial charge in [0.05, 0.1) is 25.5 Å². The molecule has 3 rings (SSSR count). The Morgan fingerprint density at radius 1 is 1.19 bits per heavy atom. The number of hydrogen-bond acceptors (Lipinski definition) is 5. The molecule has 0 unspecified atom stereocenters. The molecule has 1 aromatic heterocycles. The molecular weight excluding hydrogens is 360 g/mol. The van der Waals surface area contributed by atoms with Crippen molar-refractivity contribution in [2.24, 2.45) is 0 Å². The fourth-order valence-electron chi connectivity index (χ4n) is 2.63. The van der Waals surface area contributed by atoms with Gasteiger partial charge in [0, 0.05) is 23.6 Å². The monoisotopic (exact) mass is 380 g/mol. The molecule has 0 radical (unpaired) electrons. The van der Waals surface area contributed by atoms with Crippen molar-refractivity contribution >= 4 is 22.4 Å². The third-order valence-corrected chi connectivity index (χ3v) is 4.85. The first-order valence-corrected chi connectivity index (χ1v) is 9.21. The fraction of sp³-hybridized carbons (Fsp3) is 0.143. The minimum Gasteiger partial charge on any atom is -0.497 e. The highest BCUT2D eigenvalue weighted by Gasteiger charge is 2.23. The van der Waals surface area contributed by atoms with E-state index >= 15 is 0 Å². The summed E-state index contributed by atoms with van der Waals surface area (Å²) in [6.45, 7) is 4.11. The lowest BCUT2D eigenvalue weighted by Gasteiger charge is -2.19. The van der Waals surface area contributed by atoms with Crippen LogP contribution in [0.25, 0.3) is 11.3 Å². The van der Waals surface area contributed by atoms with Crippen molar-refractivity contribution in [3.63, 3.8) is 0 Å². The molecule has 0 bridgehead atoms. The lowest BCUT2D eigenvalue weighted by molar-refractivity contribution is 0.0986. The molecule has 0 spiro atoms. The maximum atomic E-state index is 13.2. The van der Waals surface area contributed by atoms with Gasteiger partial charge in [0.2, 0.25) is 0 Å². The van der Waals surface area contributed by atoms with Gasteiger partial charge >= 0.3 is 0 Å². The number of methoxy groups -OCH3 is 2. The Bertz CT molecular complexity index is 938. The van der Waals surface area contributed by atoms with Crippen LogP contribution in [0.5, 0.6) is 11.5 Å². The highest BCUT2D eigenvalue weighted by atomic mass is 32.1. The number of aromatic nitrogens is 1. The van der Waals surface area contributed by atoms with Crippen molar-refractivity contribution in [3.8, 4) is 22.8 Å². The summed E-state index contributed by atoms with van der Waals surface area (Å²) in [6, 6.07) is 15.0. The number of carbonyl (C=O) groups is 1. The number of thiazole rings is 1. The van der Waals surface area contributed by atoms with Crippen LogP contribution in [0.3, 0.4) is 0 Å². The van der Waals surface area contributed by atoms with Crippen molar-refractivity contribution in [2.75, 3.05) is 25.7 Å². The van der Waals surface area contributed by atoms with E-state index in [2.05, 4.69) is 11.6 Å². The van der Waals surface area contributed by atoms with E-state index in [0.717, 1.165) is 11.3 Å². The molecule has 0 aliphatic heterocycles. The smallest absolute Gasteiger partial charge is 0.264 e. The third kappa shape index (κ3) is 4.01. The topological polar surface area (TPSA) is 51.7 Å². The zero-order chi connectivity index (χ0) is 19.2. The molecular formula is C21H20N2O3S. The molecule has 5 nitrogen and oxygen atoms in total. The highest BCUT2D eigenvalue weighted by Crippen LogP contribution is 2.31. The van der Waals surface area contributed by atoms with Gasteiger partial charge in [-0.15, -0.1) is 17.9 Å². The largest absolute Gasteiger partial charge is 0.497 e. The predicted octanol–water partition coefficient (Wildman–Crippen LogP) is 4.66. The van der Waals surface area contributed by atoms with Crippen LogP contribution >= 0.6 is 11.3 Å². The number of benzene rings is 2. The molecule has 0 saturated carbocycles. The van der Waals surface area contributed by atoms with Crippen molar-refractivity contribution in [3.05, 3.63) is 72.1 Å². The Morgan fingerprint density at radius 2 is 1.96 bits per heavy atom. The number of ether oxygens (including phenoxy) is 2. The molecule has 138 valence electrons. The quantitative estimate of drug-likeness (QED) is 0.560. The van der Waals surface area contributed by atoms with Crippen molar-refractivity contribution in [1.29, 1.82) is 0 Å². The Hall–Kier alpha value is -3.12. The molecule has 6 heteroatoms. The maximum Gasteiger partial charge on any atom is 0.264 e. The molecule has 3 aromatic rings. The van der Waals surface area contributed by atoms with Crippen molar-refractivity contribution in [1.82, 2.24) is 4.98 Å². The average Bonchev–Trinajstić information content (AvgIpc) is 3.21. The van der Waals surface area contributed by atoms with Gasteiger partial charge in [-0.3, -0.25) is 9.69 Å². The van der Waals surface area contributed by atoms with Gasteiger partial charge in [-0.2, -0.15) is 0 Å². The zero-order valence-electron chi connectivity index (χ0n) is 15.2. The standard InChI is InChI=1S/C21H20N2O3S/c1-4-12-23(20(24)17-11-10-16(25-2)13-19(17)26-3)21-22-18(14-27-21)15-8-6-5-7-9-15/h4-11,13-14H,1,12H2,2-3H3. The number of anilines is 1. The molecule has 1 amide bonds. The summed E-state index contributed by atoms with van der Waals surface area (Å²) in [5.74, 6) is 0.871. The molecule has 2 aromatic carbocycles. The summed E-state index contributed by atoms with van der Waals surface area (Å²) in [5.41, 5.74) is 2.28. The Labute approximate surface area is 162 Å². The Morgan fingerprint density at radius 3 is 2.63 bits per heavy atom. The number of carbonyl (C=O) groups excluding carboxylic acids is 1. The minimum absolute atomic E-state index is 0.205. The van der Waals surface area contributed by atoms with Gasteiger partial charge < -0.3 is 9.47 Å². The average molecular weight is 380 g/mol. The van der Waals surface area contributed by atoms with Crippen LogP contribution in [0.15, 0.2) is 66.6 Å². The van der Waals surface area contributed by atoms with Gasteiger partial charge in [-0.25, -0.2) is 4.98 Å². The van der Waals surface area contributed by atoms with Crippen molar-refractivity contribution in [2.45, 2.75) is 0 Å². The van der Waals surface area contributed by atoms with E-state index in [-0.39, 0.29) is 5.91 Å². The molecule has 27 heavy (non-hydrogen) atoms. The summed E-state index contributed by atoms with van der Waals surface area (Å²) in [7, 11) is 3.10. The van der Waals surface area contributed by atoms with E-state index in [9.17, 15) is 4.79 Å². The summed E-state index contributed by atoms with van der Waals surface area (Å²) in [6.07, 6.45) is 1.68. The Kier molecular flexibility index (Phi) is 5.88. The highest BCUT2D eigenvalue weighted by molar-refractivity contribution is 7.14. The van der Waals surface area contributed by atoms with Crippen LogP contribution in [-0.2, 0) is 0 Å². The number of nitrogens with zero attached hydrogens (tertiary/aromatic N) is 2. The lowest BCUT2D eigenvalue weighted by Crippen LogP contribution is -2.31.